The molecular formula is C13H16O6. The van der Waals surface area contributed by atoms with E-state index in [9.17, 15) is 19.8 Å². The number of fused-ring (bicyclic) bond motifs is 2. The van der Waals surface area contributed by atoms with Gasteiger partial charge in [0.1, 0.15) is 11.5 Å². The van der Waals surface area contributed by atoms with Crippen LogP contribution in [0.5, 0.6) is 0 Å². The van der Waals surface area contributed by atoms with Crippen LogP contribution in [-0.2, 0) is 19.1 Å². The Morgan fingerprint density at radius 1 is 0.947 bits per heavy atom. The third kappa shape index (κ3) is 2.18. The van der Waals surface area contributed by atoms with Crippen molar-refractivity contribution in [2.75, 3.05) is 14.2 Å². The molecule has 0 amide bonds. The summed E-state index contributed by atoms with van der Waals surface area (Å²) in [5, 5.41) is 20.1. The number of aliphatic hydroxyl groups is 2. The number of carbonyl (C=O) groups excluding carboxylic acids is 2. The highest BCUT2D eigenvalue weighted by atomic mass is 16.5. The van der Waals surface area contributed by atoms with Crippen molar-refractivity contribution in [3.63, 3.8) is 0 Å². The molecule has 2 rings (SSSR count). The van der Waals surface area contributed by atoms with Gasteiger partial charge in [0, 0.05) is 11.8 Å². The highest BCUT2D eigenvalue weighted by Gasteiger charge is 2.41. The number of rotatable bonds is 2. The van der Waals surface area contributed by atoms with E-state index in [0.29, 0.717) is 6.42 Å². The zero-order chi connectivity index (χ0) is 14.2. The van der Waals surface area contributed by atoms with Crippen molar-refractivity contribution in [2.24, 2.45) is 11.8 Å². The van der Waals surface area contributed by atoms with Gasteiger partial charge in [-0.25, -0.2) is 9.59 Å². The van der Waals surface area contributed by atoms with Gasteiger partial charge in [0.15, 0.2) is 0 Å². The van der Waals surface area contributed by atoms with Crippen LogP contribution in [0.4, 0.5) is 0 Å². The van der Waals surface area contributed by atoms with Gasteiger partial charge in [-0.1, -0.05) is 0 Å². The van der Waals surface area contributed by atoms with E-state index in [4.69, 9.17) is 0 Å². The fourth-order valence-electron chi connectivity index (χ4n) is 2.74. The first-order valence-corrected chi connectivity index (χ1v) is 6.00. The number of allylic oxidation sites excluding steroid dienone is 2. The van der Waals surface area contributed by atoms with Crippen LogP contribution in [0.1, 0.15) is 19.3 Å². The quantitative estimate of drug-likeness (QED) is 0.735. The van der Waals surface area contributed by atoms with E-state index in [1.165, 1.54) is 14.2 Å². The Morgan fingerprint density at radius 2 is 1.32 bits per heavy atom. The van der Waals surface area contributed by atoms with Crippen LogP contribution in [0.15, 0.2) is 22.7 Å². The van der Waals surface area contributed by atoms with Crippen LogP contribution in [0.3, 0.4) is 0 Å². The summed E-state index contributed by atoms with van der Waals surface area (Å²) in [5.74, 6) is -1.98. The molecule has 19 heavy (non-hydrogen) atoms. The average Bonchev–Trinajstić information content (AvgIpc) is 2.43. The van der Waals surface area contributed by atoms with E-state index in [0.717, 1.165) is 0 Å². The lowest BCUT2D eigenvalue weighted by atomic mass is 9.72. The molecule has 0 heterocycles. The van der Waals surface area contributed by atoms with Gasteiger partial charge in [0.25, 0.3) is 0 Å². The van der Waals surface area contributed by atoms with E-state index in [2.05, 4.69) is 9.47 Å². The normalized spacial score (nSPS) is 26.2. The predicted molar refractivity (Wildman–Crippen MR) is 64.2 cm³/mol. The summed E-state index contributed by atoms with van der Waals surface area (Å²) in [6.07, 6.45) is 0.849. The smallest absolute Gasteiger partial charge is 0.337 e. The van der Waals surface area contributed by atoms with Gasteiger partial charge in [-0.3, -0.25) is 0 Å². The lowest BCUT2D eigenvalue weighted by Crippen LogP contribution is -2.31. The first-order valence-electron chi connectivity index (χ1n) is 6.00. The average molecular weight is 268 g/mol. The zero-order valence-corrected chi connectivity index (χ0v) is 10.8. The van der Waals surface area contributed by atoms with Crippen LogP contribution >= 0.6 is 0 Å². The van der Waals surface area contributed by atoms with Crippen molar-refractivity contribution in [1.29, 1.82) is 0 Å². The minimum atomic E-state index is -0.596. The van der Waals surface area contributed by atoms with E-state index in [1.54, 1.807) is 0 Å². The van der Waals surface area contributed by atoms with E-state index in [1.807, 2.05) is 0 Å². The molecule has 2 aliphatic carbocycles. The lowest BCUT2D eigenvalue weighted by molar-refractivity contribution is -0.137. The lowest BCUT2D eigenvalue weighted by Gasteiger charge is -2.34. The highest BCUT2D eigenvalue weighted by molar-refractivity contribution is 5.91. The molecule has 0 fully saturated rings. The van der Waals surface area contributed by atoms with Crippen LogP contribution < -0.4 is 0 Å². The molecule has 0 aliphatic heterocycles. The summed E-state index contributed by atoms with van der Waals surface area (Å²) in [6.45, 7) is 0. The standard InChI is InChI=1S/C13H16O6/c1-18-12(16)8-4-6-3-7(10(8)14)5-9(11(6)15)13(17)19-2/h6-7,14-15H,3-5H2,1-2H3. The third-order valence-electron chi connectivity index (χ3n) is 3.73. The molecule has 6 heteroatoms. The number of hydrogen-bond donors (Lipinski definition) is 2. The highest BCUT2D eigenvalue weighted by Crippen LogP contribution is 2.44. The summed E-state index contributed by atoms with van der Waals surface area (Å²) in [6, 6.07) is 0. The van der Waals surface area contributed by atoms with Gasteiger partial charge in [-0.05, 0) is 19.3 Å². The molecule has 2 bridgehead atoms. The second-order valence-electron chi connectivity index (χ2n) is 4.75. The van der Waals surface area contributed by atoms with E-state index >= 15 is 0 Å². The second kappa shape index (κ2) is 4.95. The molecule has 0 radical (unpaired) electrons. The third-order valence-corrected chi connectivity index (χ3v) is 3.73. The largest absolute Gasteiger partial charge is 0.511 e. The summed E-state index contributed by atoms with van der Waals surface area (Å²) in [5.41, 5.74) is 0.360. The molecule has 0 saturated heterocycles. The first-order chi connectivity index (χ1) is 8.99. The first kappa shape index (κ1) is 13.5. The summed E-state index contributed by atoms with van der Waals surface area (Å²) >= 11 is 0. The maximum Gasteiger partial charge on any atom is 0.337 e. The minimum Gasteiger partial charge on any atom is -0.511 e. The number of hydrogen-bond acceptors (Lipinski definition) is 6. The van der Waals surface area contributed by atoms with Crippen molar-refractivity contribution < 1.29 is 29.3 Å². The number of aliphatic hydroxyl groups excluding tert-OH is 2. The molecule has 6 nitrogen and oxygen atoms in total. The molecule has 2 unspecified atom stereocenters. The summed E-state index contributed by atoms with van der Waals surface area (Å²) in [7, 11) is 2.48. The molecule has 2 atom stereocenters. The number of carbonyl (C=O) groups is 2. The number of ether oxygens (including phenoxy) is 2. The topological polar surface area (TPSA) is 93.1 Å². The molecule has 2 N–H and O–H groups in total. The molecule has 0 aromatic rings. The van der Waals surface area contributed by atoms with Gasteiger partial charge in [-0.2, -0.15) is 0 Å². The van der Waals surface area contributed by atoms with Crippen molar-refractivity contribution in [3.05, 3.63) is 22.7 Å². The summed E-state index contributed by atoms with van der Waals surface area (Å²) in [4.78, 5) is 23.1. The Balaban J connectivity index is 2.34. The second-order valence-corrected chi connectivity index (χ2v) is 4.75. The maximum atomic E-state index is 11.6. The summed E-state index contributed by atoms with van der Waals surface area (Å²) < 4.78 is 9.22. The Labute approximate surface area is 110 Å². The molecule has 2 aliphatic rings. The Morgan fingerprint density at radius 3 is 1.63 bits per heavy atom. The van der Waals surface area contributed by atoms with Gasteiger partial charge in [-0.15, -0.1) is 0 Å². The maximum absolute atomic E-state index is 11.6. The van der Waals surface area contributed by atoms with Crippen molar-refractivity contribution >= 4 is 11.9 Å². The zero-order valence-electron chi connectivity index (χ0n) is 10.8. The van der Waals surface area contributed by atoms with E-state index in [-0.39, 0.29) is 47.3 Å². The SMILES string of the molecule is COC(=O)C1=C(O)C2CC(C(=O)OC)=C(O)C(C1)C2. The predicted octanol–water partition coefficient (Wildman–Crippen LogP) is 1.39. The Bertz CT molecular complexity index is 443. The van der Waals surface area contributed by atoms with Gasteiger partial charge in [0.05, 0.1) is 25.4 Å². The van der Waals surface area contributed by atoms with Crippen molar-refractivity contribution in [2.45, 2.75) is 19.3 Å². The fourth-order valence-corrected chi connectivity index (χ4v) is 2.74. The van der Waals surface area contributed by atoms with Crippen LogP contribution in [-0.4, -0.2) is 36.4 Å². The van der Waals surface area contributed by atoms with E-state index < -0.39 is 11.9 Å². The van der Waals surface area contributed by atoms with Crippen LogP contribution in [0.25, 0.3) is 0 Å². The van der Waals surface area contributed by atoms with Gasteiger partial charge < -0.3 is 19.7 Å². The van der Waals surface area contributed by atoms with Gasteiger partial charge >= 0.3 is 11.9 Å². The van der Waals surface area contributed by atoms with Crippen molar-refractivity contribution in [3.8, 4) is 0 Å². The Hall–Kier alpha value is -1.98. The molecule has 0 spiro atoms. The monoisotopic (exact) mass is 268 g/mol. The minimum absolute atomic E-state index is 0.0444. The molecule has 0 aromatic heterocycles. The Kier molecular flexibility index (Phi) is 3.50. The molecule has 0 aromatic carbocycles. The van der Waals surface area contributed by atoms with Crippen LogP contribution in [0.2, 0.25) is 0 Å². The fraction of sp³-hybridized carbons (Fsp3) is 0.538. The number of methoxy groups -OCH3 is 2. The van der Waals surface area contributed by atoms with Crippen LogP contribution in [0, 0.1) is 11.8 Å². The molecule has 104 valence electrons. The van der Waals surface area contributed by atoms with Gasteiger partial charge in [0.2, 0.25) is 0 Å². The number of esters is 2. The van der Waals surface area contributed by atoms with Crippen molar-refractivity contribution in [1.82, 2.24) is 0 Å². The molecular weight excluding hydrogens is 252 g/mol. The molecule has 0 saturated carbocycles.